The second-order valence-corrected chi connectivity index (χ2v) is 6.41. The molecule has 0 bridgehead atoms. The molecule has 0 aliphatic carbocycles. The fourth-order valence-electron chi connectivity index (χ4n) is 2.37. The number of benzene rings is 2. The Labute approximate surface area is 165 Å². The van der Waals surface area contributed by atoms with Gasteiger partial charge in [0.2, 0.25) is 5.75 Å². The number of amides is 1. The molecule has 0 saturated carbocycles. The molecular weight excluding hydrogens is 418 g/mol. The predicted molar refractivity (Wildman–Crippen MR) is 104 cm³/mol. The van der Waals surface area contributed by atoms with Gasteiger partial charge in [-0.15, -0.1) is 0 Å². The van der Waals surface area contributed by atoms with Crippen molar-refractivity contribution in [3.05, 3.63) is 45.9 Å². The average molecular weight is 438 g/mol. The lowest BCUT2D eigenvalue weighted by molar-refractivity contribution is -0.119. The van der Waals surface area contributed by atoms with Crippen molar-refractivity contribution in [1.29, 1.82) is 0 Å². The fraction of sp³-hybridized carbons (Fsp3) is 0.263. The van der Waals surface area contributed by atoms with E-state index in [0.29, 0.717) is 22.9 Å². The molecule has 0 aliphatic heterocycles. The molecule has 0 aliphatic rings. The maximum Gasteiger partial charge on any atom is 0.338 e. The maximum absolute atomic E-state index is 12.3. The minimum atomic E-state index is -0.683. The number of carbonyl (C=O) groups is 2. The van der Waals surface area contributed by atoms with E-state index in [1.54, 1.807) is 6.07 Å². The number of ether oxygens (including phenoxy) is 4. The van der Waals surface area contributed by atoms with Crippen molar-refractivity contribution in [2.45, 2.75) is 6.92 Å². The number of rotatable bonds is 7. The van der Waals surface area contributed by atoms with E-state index < -0.39 is 18.5 Å². The summed E-state index contributed by atoms with van der Waals surface area (Å²) in [5.41, 5.74) is 1.71. The van der Waals surface area contributed by atoms with Gasteiger partial charge in [-0.3, -0.25) is 4.79 Å². The van der Waals surface area contributed by atoms with Crippen LogP contribution in [0.15, 0.2) is 34.8 Å². The molecule has 144 valence electrons. The van der Waals surface area contributed by atoms with Gasteiger partial charge in [-0.1, -0.05) is 15.9 Å². The van der Waals surface area contributed by atoms with Crippen LogP contribution in [0.3, 0.4) is 0 Å². The standard InChI is InChI=1S/C19H20BrNO6/c1-11-7-13(20)5-6-14(11)21-17(22)10-27-19(23)12-8-15(24-2)18(26-4)16(9-12)25-3/h5-9H,10H2,1-4H3,(H,21,22). The summed E-state index contributed by atoms with van der Waals surface area (Å²) in [5, 5.41) is 2.70. The number of anilines is 1. The Bertz CT molecular complexity index is 827. The number of aryl methyl sites for hydroxylation is 1. The molecule has 0 unspecified atom stereocenters. The maximum atomic E-state index is 12.3. The van der Waals surface area contributed by atoms with Crippen molar-refractivity contribution in [2.75, 3.05) is 33.3 Å². The van der Waals surface area contributed by atoms with Crippen molar-refractivity contribution in [2.24, 2.45) is 0 Å². The topological polar surface area (TPSA) is 83.1 Å². The van der Waals surface area contributed by atoms with Crippen LogP contribution in [0.4, 0.5) is 5.69 Å². The minimum absolute atomic E-state index is 0.178. The lowest BCUT2D eigenvalue weighted by Gasteiger charge is -2.14. The van der Waals surface area contributed by atoms with Crippen LogP contribution in [0, 0.1) is 6.92 Å². The third kappa shape index (κ3) is 5.13. The highest BCUT2D eigenvalue weighted by Gasteiger charge is 2.18. The first-order valence-corrected chi connectivity index (χ1v) is 8.72. The van der Waals surface area contributed by atoms with Crippen LogP contribution in [-0.2, 0) is 9.53 Å². The van der Waals surface area contributed by atoms with Crippen LogP contribution in [0.1, 0.15) is 15.9 Å². The Morgan fingerprint density at radius 2 is 1.63 bits per heavy atom. The quantitative estimate of drug-likeness (QED) is 0.666. The van der Waals surface area contributed by atoms with Crippen LogP contribution in [0.25, 0.3) is 0 Å². The number of hydrogen-bond donors (Lipinski definition) is 1. The molecule has 0 saturated heterocycles. The van der Waals surface area contributed by atoms with Crippen LogP contribution in [-0.4, -0.2) is 39.8 Å². The van der Waals surface area contributed by atoms with E-state index in [4.69, 9.17) is 18.9 Å². The van der Waals surface area contributed by atoms with Gasteiger partial charge in [0, 0.05) is 10.2 Å². The molecule has 0 atom stereocenters. The van der Waals surface area contributed by atoms with E-state index >= 15 is 0 Å². The molecule has 2 aromatic rings. The van der Waals surface area contributed by atoms with Crippen molar-refractivity contribution in [1.82, 2.24) is 0 Å². The van der Waals surface area contributed by atoms with Gasteiger partial charge in [0.1, 0.15) is 0 Å². The van der Waals surface area contributed by atoms with Crippen molar-refractivity contribution in [3.8, 4) is 17.2 Å². The highest BCUT2D eigenvalue weighted by Crippen LogP contribution is 2.38. The van der Waals surface area contributed by atoms with Gasteiger partial charge >= 0.3 is 5.97 Å². The molecule has 2 rings (SSSR count). The van der Waals surface area contributed by atoms with Crippen LogP contribution in [0.5, 0.6) is 17.2 Å². The second kappa shape index (κ2) is 9.27. The molecule has 0 aromatic heterocycles. The van der Waals surface area contributed by atoms with E-state index in [2.05, 4.69) is 21.2 Å². The molecule has 27 heavy (non-hydrogen) atoms. The minimum Gasteiger partial charge on any atom is -0.493 e. The first-order chi connectivity index (χ1) is 12.9. The molecular formula is C19H20BrNO6. The monoisotopic (exact) mass is 437 g/mol. The van der Waals surface area contributed by atoms with Crippen molar-refractivity contribution >= 4 is 33.5 Å². The molecule has 1 amide bonds. The third-order valence-corrected chi connectivity index (χ3v) is 4.19. The number of esters is 1. The van der Waals surface area contributed by atoms with Gasteiger partial charge in [-0.2, -0.15) is 0 Å². The van der Waals surface area contributed by atoms with Crippen LogP contribution in [0.2, 0.25) is 0 Å². The molecule has 2 aromatic carbocycles. The Balaban J connectivity index is 2.05. The fourth-order valence-corrected chi connectivity index (χ4v) is 2.84. The largest absolute Gasteiger partial charge is 0.493 e. The zero-order valence-corrected chi connectivity index (χ0v) is 17.0. The van der Waals surface area contributed by atoms with Gasteiger partial charge in [0.25, 0.3) is 5.91 Å². The average Bonchev–Trinajstić information content (AvgIpc) is 2.66. The van der Waals surface area contributed by atoms with Crippen LogP contribution < -0.4 is 19.5 Å². The number of nitrogens with one attached hydrogen (secondary N) is 1. The summed E-state index contributed by atoms with van der Waals surface area (Å²) >= 11 is 3.36. The highest BCUT2D eigenvalue weighted by molar-refractivity contribution is 9.10. The van der Waals surface area contributed by atoms with E-state index in [1.165, 1.54) is 33.5 Å². The summed E-state index contributed by atoms with van der Waals surface area (Å²) in [4.78, 5) is 24.4. The Morgan fingerprint density at radius 1 is 1.00 bits per heavy atom. The van der Waals surface area contributed by atoms with Gasteiger partial charge in [0.05, 0.1) is 26.9 Å². The smallest absolute Gasteiger partial charge is 0.338 e. The summed E-state index contributed by atoms with van der Waals surface area (Å²) in [6.07, 6.45) is 0. The summed E-state index contributed by atoms with van der Waals surface area (Å²) in [5.74, 6) is -0.129. The third-order valence-electron chi connectivity index (χ3n) is 3.70. The van der Waals surface area contributed by atoms with E-state index in [1.807, 2.05) is 19.1 Å². The zero-order valence-electron chi connectivity index (χ0n) is 15.4. The Hall–Kier alpha value is -2.74. The summed E-state index contributed by atoms with van der Waals surface area (Å²) in [6.45, 7) is 1.44. The van der Waals surface area contributed by atoms with Gasteiger partial charge in [-0.25, -0.2) is 4.79 Å². The van der Waals surface area contributed by atoms with E-state index in [-0.39, 0.29) is 5.56 Å². The van der Waals surface area contributed by atoms with E-state index in [0.717, 1.165) is 10.0 Å². The molecule has 0 spiro atoms. The number of carbonyl (C=O) groups excluding carboxylic acids is 2. The summed E-state index contributed by atoms with van der Waals surface area (Å²) in [6, 6.07) is 8.36. The molecule has 0 radical (unpaired) electrons. The van der Waals surface area contributed by atoms with Crippen molar-refractivity contribution in [3.63, 3.8) is 0 Å². The van der Waals surface area contributed by atoms with Gasteiger partial charge < -0.3 is 24.3 Å². The normalized spacial score (nSPS) is 10.1. The highest BCUT2D eigenvalue weighted by atomic mass is 79.9. The molecule has 8 heteroatoms. The summed E-state index contributed by atoms with van der Waals surface area (Å²) in [7, 11) is 4.35. The number of halogens is 1. The predicted octanol–water partition coefficient (Wildman–Crippen LogP) is 3.58. The molecule has 7 nitrogen and oxygen atoms in total. The molecule has 0 heterocycles. The lowest BCUT2D eigenvalue weighted by Crippen LogP contribution is -2.21. The first-order valence-electron chi connectivity index (χ1n) is 7.92. The SMILES string of the molecule is COc1cc(C(=O)OCC(=O)Nc2ccc(Br)cc2C)cc(OC)c1OC. The van der Waals surface area contributed by atoms with E-state index in [9.17, 15) is 9.59 Å². The van der Waals surface area contributed by atoms with Gasteiger partial charge in [0.15, 0.2) is 18.1 Å². The second-order valence-electron chi connectivity index (χ2n) is 5.50. The van der Waals surface area contributed by atoms with Gasteiger partial charge in [-0.05, 0) is 42.8 Å². The zero-order chi connectivity index (χ0) is 20.0. The molecule has 1 N–H and O–H groups in total. The van der Waals surface area contributed by atoms with Crippen molar-refractivity contribution < 1.29 is 28.5 Å². The lowest BCUT2D eigenvalue weighted by atomic mass is 10.2. The number of methoxy groups -OCH3 is 3. The Morgan fingerprint density at radius 3 is 2.15 bits per heavy atom. The van der Waals surface area contributed by atoms with Crippen LogP contribution >= 0.6 is 15.9 Å². The Kier molecular flexibility index (Phi) is 7.06. The first kappa shape index (κ1) is 20.6. The number of hydrogen-bond acceptors (Lipinski definition) is 6. The summed E-state index contributed by atoms with van der Waals surface area (Å²) < 4.78 is 21.6. The molecule has 0 fully saturated rings.